The lowest BCUT2D eigenvalue weighted by Gasteiger charge is -2.33. The van der Waals surface area contributed by atoms with E-state index in [4.69, 9.17) is 0 Å². The van der Waals surface area contributed by atoms with Gasteiger partial charge in [-0.1, -0.05) is 19.8 Å². The Morgan fingerprint density at radius 1 is 1.19 bits per heavy atom. The van der Waals surface area contributed by atoms with Gasteiger partial charge < -0.3 is 10.6 Å². The molecule has 0 radical (unpaired) electrons. The quantitative estimate of drug-likeness (QED) is 0.825. The van der Waals surface area contributed by atoms with E-state index < -0.39 is 0 Å². The van der Waals surface area contributed by atoms with Gasteiger partial charge in [0, 0.05) is 25.2 Å². The van der Waals surface area contributed by atoms with Gasteiger partial charge in [-0.25, -0.2) is 4.98 Å². The minimum atomic E-state index is -0.0209. The average Bonchev–Trinajstić information content (AvgIpc) is 3.05. The van der Waals surface area contributed by atoms with Crippen molar-refractivity contribution < 1.29 is 9.59 Å². The number of aryl methyl sites for hydroxylation is 1. The summed E-state index contributed by atoms with van der Waals surface area (Å²) in [4.78, 5) is 31.7. The molecule has 26 heavy (non-hydrogen) atoms. The Bertz CT molecular complexity index is 625. The molecule has 0 aromatic carbocycles. The molecule has 7 heteroatoms. The summed E-state index contributed by atoms with van der Waals surface area (Å²) in [6.07, 6.45) is 6.61. The van der Waals surface area contributed by atoms with E-state index in [0.29, 0.717) is 23.4 Å². The first kappa shape index (κ1) is 19.3. The molecule has 2 atom stereocenters. The zero-order valence-corrected chi connectivity index (χ0v) is 16.6. The second-order valence-corrected chi connectivity index (χ2v) is 8.58. The van der Waals surface area contributed by atoms with Gasteiger partial charge in [0.1, 0.15) is 4.88 Å². The van der Waals surface area contributed by atoms with Gasteiger partial charge in [0.15, 0.2) is 0 Å². The largest absolute Gasteiger partial charge is 0.352 e. The molecule has 1 aliphatic heterocycles. The topological polar surface area (TPSA) is 74.3 Å². The van der Waals surface area contributed by atoms with E-state index in [2.05, 4.69) is 27.4 Å². The average molecular weight is 379 g/mol. The number of amides is 2. The van der Waals surface area contributed by atoms with E-state index in [0.717, 1.165) is 38.0 Å². The van der Waals surface area contributed by atoms with Crippen LogP contribution in [0.15, 0.2) is 5.51 Å². The third-order valence-electron chi connectivity index (χ3n) is 5.70. The first-order chi connectivity index (χ1) is 12.5. The SMILES string of the molecule is Cc1ncsc1C(=O)NC1CCN(CC(=O)N[C@@H]2CCCC[C@@H]2C)CC1. The molecule has 1 saturated carbocycles. The fourth-order valence-corrected chi connectivity index (χ4v) is 4.70. The van der Waals surface area contributed by atoms with E-state index in [1.165, 1.54) is 30.6 Å². The molecule has 2 N–H and O–H groups in total. The highest BCUT2D eigenvalue weighted by Gasteiger charge is 2.26. The van der Waals surface area contributed by atoms with Crippen molar-refractivity contribution in [2.75, 3.05) is 19.6 Å². The molecule has 1 aliphatic carbocycles. The van der Waals surface area contributed by atoms with Crippen LogP contribution in [0.2, 0.25) is 0 Å². The van der Waals surface area contributed by atoms with Gasteiger partial charge in [-0.05, 0) is 38.5 Å². The zero-order valence-electron chi connectivity index (χ0n) is 15.8. The number of thiazole rings is 1. The summed E-state index contributed by atoms with van der Waals surface area (Å²) in [5, 5.41) is 6.34. The van der Waals surface area contributed by atoms with Crippen LogP contribution < -0.4 is 10.6 Å². The molecule has 3 rings (SSSR count). The summed E-state index contributed by atoms with van der Waals surface area (Å²) in [5.41, 5.74) is 2.50. The predicted molar refractivity (Wildman–Crippen MR) is 103 cm³/mol. The fraction of sp³-hybridized carbons (Fsp3) is 0.737. The van der Waals surface area contributed by atoms with Gasteiger partial charge >= 0.3 is 0 Å². The summed E-state index contributed by atoms with van der Waals surface area (Å²) in [6.45, 7) is 6.27. The van der Waals surface area contributed by atoms with Crippen LogP contribution in [0.1, 0.15) is 60.8 Å². The Hall–Kier alpha value is -1.47. The number of hydrogen-bond acceptors (Lipinski definition) is 5. The number of carbonyl (C=O) groups is 2. The molecule has 2 aliphatic rings. The lowest BCUT2D eigenvalue weighted by atomic mass is 9.86. The lowest BCUT2D eigenvalue weighted by Crippen LogP contribution is -2.49. The molecule has 1 aromatic heterocycles. The maximum atomic E-state index is 12.3. The van der Waals surface area contributed by atoms with Gasteiger partial charge in [-0.15, -0.1) is 11.3 Å². The smallest absolute Gasteiger partial charge is 0.263 e. The van der Waals surface area contributed by atoms with Gasteiger partial charge in [-0.3, -0.25) is 14.5 Å². The molecule has 1 aromatic rings. The molecule has 2 heterocycles. The Labute approximate surface area is 159 Å². The number of carbonyl (C=O) groups excluding carboxylic acids is 2. The van der Waals surface area contributed by atoms with E-state index in [1.807, 2.05) is 6.92 Å². The molecule has 0 unspecified atom stereocenters. The second kappa shape index (κ2) is 8.95. The summed E-state index contributed by atoms with van der Waals surface area (Å²) in [5.74, 6) is 0.711. The van der Waals surface area contributed by atoms with Gasteiger partial charge in [0.25, 0.3) is 5.91 Å². The first-order valence-electron chi connectivity index (χ1n) is 9.75. The van der Waals surface area contributed by atoms with E-state index in [1.54, 1.807) is 5.51 Å². The standard InChI is InChI=1S/C19H30N4O2S/c1-13-5-3-4-6-16(13)22-17(24)11-23-9-7-15(8-10-23)21-19(25)18-14(2)20-12-26-18/h12-13,15-16H,3-11H2,1-2H3,(H,21,25)(H,22,24)/t13-,16+/m0/s1. The summed E-state index contributed by atoms with van der Waals surface area (Å²) in [7, 11) is 0. The van der Waals surface area contributed by atoms with E-state index in [-0.39, 0.29) is 17.9 Å². The van der Waals surface area contributed by atoms with Crippen LogP contribution in [0.4, 0.5) is 0 Å². The number of likely N-dealkylation sites (tertiary alicyclic amines) is 1. The monoisotopic (exact) mass is 378 g/mol. The van der Waals surface area contributed by atoms with Crippen molar-refractivity contribution in [3.8, 4) is 0 Å². The number of rotatable bonds is 5. The van der Waals surface area contributed by atoms with Crippen LogP contribution in [-0.4, -0.2) is 53.4 Å². The molecule has 0 spiro atoms. The minimum Gasteiger partial charge on any atom is -0.352 e. The van der Waals surface area contributed by atoms with Crippen molar-refractivity contribution in [3.63, 3.8) is 0 Å². The highest BCUT2D eigenvalue weighted by atomic mass is 32.1. The van der Waals surface area contributed by atoms with Crippen molar-refractivity contribution in [2.45, 2.75) is 64.5 Å². The van der Waals surface area contributed by atoms with Crippen LogP contribution in [0.25, 0.3) is 0 Å². The van der Waals surface area contributed by atoms with Crippen LogP contribution in [0.3, 0.4) is 0 Å². The van der Waals surface area contributed by atoms with Crippen LogP contribution >= 0.6 is 11.3 Å². The number of nitrogens with one attached hydrogen (secondary N) is 2. The molecular formula is C19H30N4O2S. The molecule has 6 nitrogen and oxygen atoms in total. The fourth-order valence-electron chi connectivity index (χ4n) is 3.99. The number of piperidine rings is 1. The van der Waals surface area contributed by atoms with E-state index in [9.17, 15) is 9.59 Å². The molecule has 144 valence electrons. The maximum absolute atomic E-state index is 12.3. The van der Waals surface area contributed by atoms with Crippen molar-refractivity contribution in [1.29, 1.82) is 0 Å². The molecular weight excluding hydrogens is 348 g/mol. The lowest BCUT2D eigenvalue weighted by molar-refractivity contribution is -0.123. The van der Waals surface area contributed by atoms with Crippen molar-refractivity contribution >= 4 is 23.2 Å². The van der Waals surface area contributed by atoms with Crippen molar-refractivity contribution in [2.24, 2.45) is 5.92 Å². The number of aromatic nitrogens is 1. The molecule has 0 bridgehead atoms. The third kappa shape index (κ3) is 5.04. The van der Waals surface area contributed by atoms with Gasteiger partial charge in [-0.2, -0.15) is 0 Å². The van der Waals surface area contributed by atoms with Crippen LogP contribution in [-0.2, 0) is 4.79 Å². The normalized spacial score (nSPS) is 25.0. The maximum Gasteiger partial charge on any atom is 0.263 e. The van der Waals surface area contributed by atoms with Crippen molar-refractivity contribution in [1.82, 2.24) is 20.5 Å². The highest BCUT2D eigenvalue weighted by Crippen LogP contribution is 2.23. The molecule has 1 saturated heterocycles. The van der Waals surface area contributed by atoms with Crippen molar-refractivity contribution in [3.05, 3.63) is 16.1 Å². The Balaban J connectivity index is 1.39. The summed E-state index contributed by atoms with van der Waals surface area (Å²) >= 11 is 1.39. The summed E-state index contributed by atoms with van der Waals surface area (Å²) in [6, 6.07) is 0.525. The van der Waals surface area contributed by atoms with Gasteiger partial charge in [0.05, 0.1) is 17.7 Å². The Kier molecular flexibility index (Phi) is 6.64. The van der Waals surface area contributed by atoms with Crippen LogP contribution in [0.5, 0.6) is 0 Å². The van der Waals surface area contributed by atoms with E-state index >= 15 is 0 Å². The number of nitrogens with zero attached hydrogens (tertiary/aromatic N) is 2. The van der Waals surface area contributed by atoms with Gasteiger partial charge in [0.2, 0.25) is 5.91 Å². The zero-order chi connectivity index (χ0) is 18.5. The number of hydrogen-bond donors (Lipinski definition) is 2. The van der Waals surface area contributed by atoms with Crippen LogP contribution in [0, 0.1) is 12.8 Å². The Morgan fingerprint density at radius 3 is 2.58 bits per heavy atom. The predicted octanol–water partition coefficient (Wildman–Crippen LogP) is 2.34. The first-order valence-corrected chi connectivity index (χ1v) is 10.6. The summed E-state index contributed by atoms with van der Waals surface area (Å²) < 4.78 is 0. The second-order valence-electron chi connectivity index (χ2n) is 7.73. The highest BCUT2D eigenvalue weighted by molar-refractivity contribution is 7.11. The third-order valence-corrected chi connectivity index (χ3v) is 6.63. The molecule has 2 fully saturated rings. The Morgan fingerprint density at radius 2 is 1.92 bits per heavy atom. The molecule has 2 amide bonds. The minimum absolute atomic E-state index is 0.0209.